The number of benzene rings is 2. The normalized spacial score (nSPS) is 11.4. The van der Waals surface area contributed by atoms with E-state index in [1.165, 1.54) is 42.5 Å². The van der Waals surface area contributed by atoms with E-state index >= 15 is 0 Å². The average molecular weight is 475 g/mol. The van der Waals surface area contributed by atoms with Crippen molar-refractivity contribution in [2.45, 2.75) is 31.3 Å². The van der Waals surface area contributed by atoms with Crippen molar-refractivity contribution in [1.29, 1.82) is 0 Å². The van der Waals surface area contributed by atoms with Crippen molar-refractivity contribution in [3.8, 4) is 5.75 Å². The Morgan fingerprint density at radius 1 is 1.07 bits per heavy atom. The van der Waals surface area contributed by atoms with Crippen molar-refractivity contribution in [1.82, 2.24) is 5.32 Å². The molecule has 30 heavy (non-hydrogen) atoms. The fourth-order valence-electron chi connectivity index (χ4n) is 2.31. The van der Waals surface area contributed by atoms with E-state index in [9.17, 15) is 13.2 Å². The summed E-state index contributed by atoms with van der Waals surface area (Å²) in [6, 6.07) is 10.2. The number of sulfonamides is 1. The van der Waals surface area contributed by atoms with Crippen LogP contribution in [0.3, 0.4) is 0 Å². The Balaban J connectivity index is 1.83. The number of hydrogen-bond donors (Lipinski definition) is 2. The molecule has 0 fully saturated rings. The highest BCUT2D eigenvalue weighted by Gasteiger charge is 2.15. The first-order valence-corrected chi connectivity index (χ1v) is 11.5. The first-order chi connectivity index (χ1) is 14.2. The van der Waals surface area contributed by atoms with Crippen molar-refractivity contribution >= 4 is 44.8 Å². The maximum Gasteiger partial charge on any atom is 0.261 e. The molecule has 0 atom stereocenters. The van der Waals surface area contributed by atoms with E-state index in [-0.39, 0.29) is 28.5 Å². The second kappa shape index (κ2) is 11.4. The molecule has 0 aliphatic carbocycles. The van der Waals surface area contributed by atoms with Gasteiger partial charge in [0.2, 0.25) is 0 Å². The quantitative estimate of drug-likeness (QED) is 0.478. The second-order valence-electron chi connectivity index (χ2n) is 6.62. The van der Waals surface area contributed by atoms with Gasteiger partial charge in [0.1, 0.15) is 5.75 Å². The molecule has 0 saturated carbocycles. The zero-order chi connectivity index (χ0) is 22.1. The molecule has 2 N–H and O–H groups in total. The van der Waals surface area contributed by atoms with Gasteiger partial charge in [0.05, 0.1) is 26.7 Å². The summed E-state index contributed by atoms with van der Waals surface area (Å²) >= 11 is 11.7. The van der Waals surface area contributed by atoms with E-state index in [1.54, 1.807) is 0 Å². The van der Waals surface area contributed by atoms with E-state index in [0.29, 0.717) is 36.0 Å². The Hall–Kier alpha value is -2.00. The van der Waals surface area contributed by atoms with E-state index in [2.05, 4.69) is 10.0 Å². The monoisotopic (exact) mass is 474 g/mol. The predicted molar refractivity (Wildman–Crippen MR) is 118 cm³/mol. The van der Waals surface area contributed by atoms with Gasteiger partial charge in [-0.25, -0.2) is 8.42 Å². The van der Waals surface area contributed by atoms with Gasteiger partial charge < -0.3 is 14.8 Å². The first-order valence-electron chi connectivity index (χ1n) is 9.26. The maximum absolute atomic E-state index is 12.5. The molecule has 7 nitrogen and oxygen atoms in total. The molecule has 0 unspecified atom stereocenters. The van der Waals surface area contributed by atoms with Crippen LogP contribution in [-0.2, 0) is 19.6 Å². The summed E-state index contributed by atoms with van der Waals surface area (Å²) in [6.07, 6.45) is 0.873. The van der Waals surface area contributed by atoms with Gasteiger partial charge >= 0.3 is 0 Å². The Morgan fingerprint density at radius 2 is 1.77 bits per heavy atom. The van der Waals surface area contributed by atoms with Gasteiger partial charge in [-0.3, -0.25) is 9.52 Å². The molecule has 2 aromatic carbocycles. The van der Waals surface area contributed by atoms with Crippen LogP contribution in [0.25, 0.3) is 0 Å². The highest BCUT2D eigenvalue weighted by molar-refractivity contribution is 7.92. The van der Waals surface area contributed by atoms with Gasteiger partial charge in [-0.15, -0.1) is 0 Å². The van der Waals surface area contributed by atoms with Crippen LogP contribution in [0.1, 0.15) is 20.3 Å². The van der Waals surface area contributed by atoms with E-state index in [4.69, 9.17) is 32.7 Å². The Kier molecular flexibility index (Phi) is 9.23. The first kappa shape index (κ1) is 24.3. The minimum atomic E-state index is -3.81. The summed E-state index contributed by atoms with van der Waals surface area (Å²) in [5.74, 6) is 0.110. The minimum Gasteiger partial charge on any atom is -0.484 e. The number of ether oxygens (including phenoxy) is 2. The van der Waals surface area contributed by atoms with Crippen molar-refractivity contribution in [2.24, 2.45) is 0 Å². The molecular weight excluding hydrogens is 451 g/mol. The maximum atomic E-state index is 12.5. The van der Waals surface area contributed by atoms with Gasteiger partial charge in [-0.05, 0) is 62.7 Å². The summed E-state index contributed by atoms with van der Waals surface area (Å²) in [4.78, 5) is 11.8. The summed E-state index contributed by atoms with van der Waals surface area (Å²) < 4.78 is 38.2. The largest absolute Gasteiger partial charge is 0.484 e. The number of nitrogens with one attached hydrogen (secondary N) is 2. The van der Waals surface area contributed by atoms with Crippen LogP contribution in [0.4, 0.5) is 5.69 Å². The van der Waals surface area contributed by atoms with Crippen LogP contribution in [-0.4, -0.2) is 40.2 Å². The molecule has 0 saturated heterocycles. The molecule has 0 bridgehead atoms. The summed E-state index contributed by atoms with van der Waals surface area (Å²) in [5.41, 5.74) is 0.292. The molecule has 0 aromatic heterocycles. The summed E-state index contributed by atoms with van der Waals surface area (Å²) in [5, 5.41) is 3.30. The van der Waals surface area contributed by atoms with E-state index in [1.807, 2.05) is 13.8 Å². The summed E-state index contributed by atoms with van der Waals surface area (Å²) in [6.45, 7) is 4.80. The topological polar surface area (TPSA) is 93.7 Å². The third kappa shape index (κ3) is 8.02. The molecule has 0 aliphatic heterocycles. The lowest BCUT2D eigenvalue weighted by Crippen LogP contribution is -2.30. The minimum absolute atomic E-state index is 0.0375. The third-order valence-electron chi connectivity index (χ3n) is 3.77. The fourth-order valence-corrected chi connectivity index (χ4v) is 3.66. The van der Waals surface area contributed by atoms with Gasteiger partial charge in [-0.2, -0.15) is 0 Å². The second-order valence-corrected chi connectivity index (χ2v) is 9.11. The predicted octanol–water partition coefficient (Wildman–Crippen LogP) is 4.10. The number of carbonyl (C=O) groups is 1. The SMILES string of the molecule is CC(C)OCCCNC(=O)COc1ccc(S(=O)(=O)Nc2ccc(Cl)c(Cl)c2)cc1. The number of carbonyl (C=O) groups excluding carboxylic acids is 1. The van der Waals surface area contributed by atoms with Crippen LogP contribution in [0, 0.1) is 0 Å². The fraction of sp³-hybridized carbons (Fsp3) is 0.350. The number of amides is 1. The molecule has 1 amide bonds. The van der Waals surface area contributed by atoms with Crippen LogP contribution in [0.2, 0.25) is 10.0 Å². The van der Waals surface area contributed by atoms with Gasteiger partial charge in [0.25, 0.3) is 15.9 Å². The van der Waals surface area contributed by atoms with Crippen LogP contribution >= 0.6 is 23.2 Å². The smallest absolute Gasteiger partial charge is 0.261 e. The zero-order valence-electron chi connectivity index (χ0n) is 16.7. The molecule has 2 aromatic rings. The molecule has 0 heterocycles. The average Bonchev–Trinajstić information content (AvgIpc) is 2.69. The Labute approximate surface area is 186 Å². The van der Waals surface area contributed by atoms with Gasteiger partial charge in [-0.1, -0.05) is 23.2 Å². The van der Waals surface area contributed by atoms with Crippen molar-refractivity contribution in [3.63, 3.8) is 0 Å². The van der Waals surface area contributed by atoms with Crippen molar-refractivity contribution in [2.75, 3.05) is 24.5 Å². The molecule has 164 valence electrons. The number of anilines is 1. The highest BCUT2D eigenvalue weighted by Crippen LogP contribution is 2.26. The highest BCUT2D eigenvalue weighted by atomic mass is 35.5. The van der Waals surface area contributed by atoms with Crippen molar-refractivity contribution in [3.05, 3.63) is 52.5 Å². The van der Waals surface area contributed by atoms with Gasteiger partial charge in [0, 0.05) is 13.2 Å². The molecular formula is C20H24Cl2N2O5S. The van der Waals surface area contributed by atoms with Crippen LogP contribution < -0.4 is 14.8 Å². The molecule has 0 aliphatic rings. The number of rotatable bonds is 11. The number of halogens is 2. The molecule has 2 rings (SSSR count). The lowest BCUT2D eigenvalue weighted by Gasteiger charge is -2.11. The lowest BCUT2D eigenvalue weighted by molar-refractivity contribution is -0.123. The van der Waals surface area contributed by atoms with Crippen molar-refractivity contribution < 1.29 is 22.7 Å². The van der Waals surface area contributed by atoms with E-state index in [0.717, 1.165) is 0 Å². The Bertz CT molecular complexity index is 950. The molecule has 0 spiro atoms. The lowest BCUT2D eigenvalue weighted by atomic mass is 10.3. The molecule has 0 radical (unpaired) electrons. The third-order valence-corrected chi connectivity index (χ3v) is 5.91. The van der Waals surface area contributed by atoms with Crippen LogP contribution in [0.15, 0.2) is 47.4 Å². The standard InChI is InChI=1S/C20H24Cl2N2O5S/c1-14(2)28-11-3-10-23-20(25)13-29-16-5-7-17(8-6-16)30(26,27)24-15-4-9-18(21)19(22)12-15/h4-9,12,14,24H,3,10-11,13H2,1-2H3,(H,23,25). The molecule has 10 heteroatoms. The zero-order valence-corrected chi connectivity index (χ0v) is 19.0. The van der Waals surface area contributed by atoms with E-state index < -0.39 is 10.0 Å². The van der Waals surface area contributed by atoms with Crippen LogP contribution in [0.5, 0.6) is 5.75 Å². The Morgan fingerprint density at radius 3 is 2.40 bits per heavy atom. The van der Waals surface area contributed by atoms with Gasteiger partial charge in [0.15, 0.2) is 6.61 Å². The summed E-state index contributed by atoms with van der Waals surface area (Å²) in [7, 11) is -3.81. The number of hydrogen-bond acceptors (Lipinski definition) is 5.